The van der Waals surface area contributed by atoms with Crippen LogP contribution in [0, 0.1) is 0 Å². The highest BCUT2D eigenvalue weighted by Gasteiger charge is 2.34. The van der Waals surface area contributed by atoms with E-state index in [1.165, 1.54) is 6.07 Å². The summed E-state index contributed by atoms with van der Waals surface area (Å²) in [4.78, 5) is 2.43. The van der Waals surface area contributed by atoms with Crippen molar-refractivity contribution in [3.63, 3.8) is 0 Å². The van der Waals surface area contributed by atoms with Gasteiger partial charge in [-0.2, -0.15) is 13.2 Å². The molecule has 1 heterocycles. The maximum absolute atomic E-state index is 13.6. The summed E-state index contributed by atoms with van der Waals surface area (Å²) in [5, 5.41) is 0.691. The van der Waals surface area contributed by atoms with Crippen LogP contribution in [-0.4, -0.2) is 37.2 Å². The first-order valence-corrected chi connectivity index (χ1v) is 13.6. The third kappa shape index (κ3) is 8.54. The van der Waals surface area contributed by atoms with Gasteiger partial charge in [0.1, 0.15) is 29.5 Å². The summed E-state index contributed by atoms with van der Waals surface area (Å²) in [6.07, 6.45) is -0.0565. The Kier molecular flexibility index (Phi) is 9.67. The zero-order valence-corrected chi connectivity index (χ0v) is 23.2. The minimum absolute atomic E-state index is 0.0478. The van der Waals surface area contributed by atoms with Gasteiger partial charge in [-0.15, -0.1) is 0 Å². The first-order valence-electron chi connectivity index (χ1n) is 13.3. The van der Waals surface area contributed by atoms with Crippen LogP contribution >= 0.6 is 11.6 Å². The highest BCUT2D eigenvalue weighted by Crippen LogP contribution is 2.37. The van der Waals surface area contributed by atoms with Crippen LogP contribution in [0.2, 0.25) is 5.02 Å². The Morgan fingerprint density at radius 2 is 1.51 bits per heavy atom. The molecule has 0 saturated carbocycles. The first-order chi connectivity index (χ1) is 18.6. The van der Waals surface area contributed by atoms with Gasteiger partial charge in [-0.3, -0.25) is 0 Å². The summed E-state index contributed by atoms with van der Waals surface area (Å²) in [5.41, 5.74) is 0.657. The number of methoxy groups -OCH3 is 1. The summed E-state index contributed by atoms with van der Waals surface area (Å²) < 4.78 is 57.8. The second kappa shape index (κ2) is 13.0. The molecule has 1 fully saturated rings. The van der Waals surface area contributed by atoms with E-state index >= 15 is 0 Å². The maximum atomic E-state index is 13.6. The first kappa shape index (κ1) is 29.1. The number of ether oxygens (including phenoxy) is 3. The number of aryl methyl sites for hydroxylation is 1. The molecule has 0 aromatic heterocycles. The Hall–Kier alpha value is -2.90. The molecular weight excluding hydrogens is 527 g/mol. The number of likely N-dealkylation sites (tertiary alicyclic amines) is 1. The Morgan fingerprint density at radius 3 is 2.15 bits per heavy atom. The van der Waals surface area contributed by atoms with Crippen molar-refractivity contribution in [3.05, 3.63) is 88.4 Å². The molecule has 210 valence electrons. The van der Waals surface area contributed by atoms with Crippen molar-refractivity contribution in [2.45, 2.75) is 57.4 Å². The van der Waals surface area contributed by atoms with Gasteiger partial charge in [0.05, 0.1) is 12.7 Å². The number of piperidine rings is 1. The summed E-state index contributed by atoms with van der Waals surface area (Å²) in [6.45, 7) is 5.06. The molecule has 0 spiro atoms. The zero-order valence-electron chi connectivity index (χ0n) is 22.4. The number of hydrogen-bond acceptors (Lipinski definition) is 4. The third-order valence-electron chi connectivity index (χ3n) is 7.19. The van der Waals surface area contributed by atoms with Gasteiger partial charge in [0.15, 0.2) is 0 Å². The topological polar surface area (TPSA) is 30.9 Å². The van der Waals surface area contributed by atoms with E-state index < -0.39 is 11.7 Å². The van der Waals surface area contributed by atoms with Gasteiger partial charge in [0, 0.05) is 18.1 Å². The van der Waals surface area contributed by atoms with Gasteiger partial charge >= 0.3 is 6.18 Å². The van der Waals surface area contributed by atoms with Crippen LogP contribution in [0.5, 0.6) is 17.2 Å². The number of rotatable bonds is 11. The molecule has 0 N–H and O–H groups in total. The lowest BCUT2D eigenvalue weighted by Crippen LogP contribution is -2.46. The average molecular weight is 562 g/mol. The molecule has 3 aromatic carbocycles. The van der Waals surface area contributed by atoms with Crippen LogP contribution in [0.1, 0.15) is 49.3 Å². The standard InChI is InChI=1S/C31H35ClF3NO3/c1-30(39-27-13-9-25(32)10-14-27)16-19-36(20-17-30)18-4-3-5-23-8-15-28(31(33,34)35)29(21-23)38-22-24-6-11-26(37-2)12-7-24/h6-15,21H,3-5,16-20,22H2,1-2H3. The number of nitrogens with zero attached hydrogens (tertiary/aromatic N) is 1. The maximum Gasteiger partial charge on any atom is 0.419 e. The molecule has 0 bridgehead atoms. The molecule has 1 aliphatic heterocycles. The number of alkyl halides is 3. The minimum atomic E-state index is -4.48. The highest BCUT2D eigenvalue weighted by molar-refractivity contribution is 6.30. The smallest absolute Gasteiger partial charge is 0.419 e. The number of unbranched alkanes of at least 4 members (excludes halogenated alkanes) is 1. The molecule has 0 unspecified atom stereocenters. The van der Waals surface area contributed by atoms with Crippen LogP contribution in [0.25, 0.3) is 0 Å². The molecule has 8 heteroatoms. The van der Waals surface area contributed by atoms with E-state index in [0.29, 0.717) is 17.2 Å². The van der Waals surface area contributed by atoms with Crippen molar-refractivity contribution in [2.24, 2.45) is 0 Å². The van der Waals surface area contributed by atoms with E-state index in [0.717, 1.165) is 68.3 Å². The lowest BCUT2D eigenvalue weighted by Gasteiger charge is -2.39. The van der Waals surface area contributed by atoms with Gasteiger partial charge < -0.3 is 19.1 Å². The summed E-state index contributed by atoms with van der Waals surface area (Å²) >= 11 is 5.97. The highest BCUT2D eigenvalue weighted by atomic mass is 35.5. The van der Waals surface area contributed by atoms with Crippen molar-refractivity contribution < 1.29 is 27.4 Å². The van der Waals surface area contributed by atoms with Gasteiger partial charge in [-0.25, -0.2) is 0 Å². The quantitative estimate of drug-likeness (QED) is 0.221. The van der Waals surface area contributed by atoms with E-state index in [9.17, 15) is 13.2 Å². The molecule has 1 saturated heterocycles. The molecule has 3 aromatic rings. The van der Waals surface area contributed by atoms with E-state index in [1.54, 1.807) is 37.4 Å². The van der Waals surface area contributed by atoms with E-state index in [2.05, 4.69) is 11.8 Å². The second-order valence-corrected chi connectivity index (χ2v) is 10.7. The van der Waals surface area contributed by atoms with E-state index in [1.807, 2.05) is 24.3 Å². The fourth-order valence-corrected chi connectivity index (χ4v) is 4.89. The van der Waals surface area contributed by atoms with Crippen LogP contribution in [0.3, 0.4) is 0 Å². The Balaban J connectivity index is 1.25. The lowest BCUT2D eigenvalue weighted by molar-refractivity contribution is -0.139. The van der Waals surface area contributed by atoms with Crippen molar-refractivity contribution in [2.75, 3.05) is 26.7 Å². The van der Waals surface area contributed by atoms with Crippen molar-refractivity contribution in [3.8, 4) is 17.2 Å². The number of halogens is 4. The molecule has 0 atom stereocenters. The lowest BCUT2D eigenvalue weighted by atomic mass is 9.93. The van der Waals surface area contributed by atoms with Gasteiger partial charge in [-0.05, 0) is 105 Å². The monoisotopic (exact) mass is 561 g/mol. The van der Waals surface area contributed by atoms with Crippen LogP contribution < -0.4 is 14.2 Å². The molecule has 4 nitrogen and oxygen atoms in total. The fraction of sp³-hybridized carbons (Fsp3) is 0.419. The summed E-state index contributed by atoms with van der Waals surface area (Å²) in [5.74, 6) is 1.38. The summed E-state index contributed by atoms with van der Waals surface area (Å²) in [6, 6.07) is 18.8. The van der Waals surface area contributed by atoms with Gasteiger partial charge in [-0.1, -0.05) is 29.8 Å². The SMILES string of the molecule is COc1ccc(COc2cc(CCCCN3CCC(C)(Oc4ccc(Cl)cc4)CC3)ccc2C(F)(F)F)cc1. The molecule has 39 heavy (non-hydrogen) atoms. The molecule has 1 aliphatic rings. The van der Waals surface area contributed by atoms with E-state index in [4.69, 9.17) is 25.8 Å². The van der Waals surface area contributed by atoms with Gasteiger partial charge in [0.2, 0.25) is 0 Å². The number of benzene rings is 3. The number of hydrogen-bond donors (Lipinski definition) is 0. The van der Waals surface area contributed by atoms with Crippen LogP contribution in [-0.2, 0) is 19.2 Å². The largest absolute Gasteiger partial charge is 0.497 e. The molecular formula is C31H35ClF3NO3. The van der Waals surface area contributed by atoms with Crippen molar-refractivity contribution >= 4 is 11.6 Å². The van der Waals surface area contributed by atoms with Gasteiger partial charge in [0.25, 0.3) is 0 Å². The van der Waals surface area contributed by atoms with E-state index in [-0.39, 0.29) is 18.0 Å². The van der Waals surface area contributed by atoms with Crippen molar-refractivity contribution in [1.29, 1.82) is 0 Å². The average Bonchev–Trinajstić information content (AvgIpc) is 2.92. The Bertz CT molecular complexity index is 1190. The van der Waals surface area contributed by atoms with Crippen LogP contribution in [0.4, 0.5) is 13.2 Å². The molecule has 0 aliphatic carbocycles. The third-order valence-corrected chi connectivity index (χ3v) is 7.44. The molecule has 4 rings (SSSR count). The Morgan fingerprint density at radius 1 is 0.872 bits per heavy atom. The van der Waals surface area contributed by atoms with Crippen LogP contribution in [0.15, 0.2) is 66.7 Å². The summed E-state index contributed by atoms with van der Waals surface area (Å²) in [7, 11) is 1.56. The predicted octanol–water partition coefficient (Wildman–Crippen LogP) is 8.20. The zero-order chi connectivity index (χ0) is 27.9. The minimum Gasteiger partial charge on any atom is -0.497 e. The van der Waals surface area contributed by atoms with Crippen molar-refractivity contribution in [1.82, 2.24) is 4.90 Å². The normalized spacial score (nSPS) is 15.6. The predicted molar refractivity (Wildman–Crippen MR) is 148 cm³/mol. The molecule has 0 amide bonds. The Labute approximate surface area is 233 Å². The molecule has 0 radical (unpaired) electrons. The second-order valence-electron chi connectivity index (χ2n) is 10.3. The fourth-order valence-electron chi connectivity index (χ4n) is 4.76.